The molecule has 1 fully saturated rings. The van der Waals surface area contributed by atoms with Crippen molar-refractivity contribution in [3.05, 3.63) is 12.4 Å². The van der Waals surface area contributed by atoms with E-state index in [4.69, 9.17) is 0 Å². The summed E-state index contributed by atoms with van der Waals surface area (Å²) in [7, 11) is 0. The smallest absolute Gasteiger partial charge is 0.408 e. The Bertz CT molecular complexity index is 410. The summed E-state index contributed by atoms with van der Waals surface area (Å²) in [5, 5.41) is 9.29. The molecule has 98 valence electrons. The van der Waals surface area contributed by atoms with Crippen LogP contribution in [0.3, 0.4) is 0 Å². The highest BCUT2D eigenvalue weighted by atomic mass is 19.4. The van der Waals surface area contributed by atoms with Gasteiger partial charge in [-0.25, -0.2) is 9.97 Å². The van der Waals surface area contributed by atoms with Gasteiger partial charge in [-0.15, -0.1) is 0 Å². The fraction of sp³-hybridized carbons (Fsp3) is 0.600. The van der Waals surface area contributed by atoms with Gasteiger partial charge in [-0.3, -0.25) is 0 Å². The van der Waals surface area contributed by atoms with Crippen LogP contribution in [0.1, 0.15) is 12.8 Å². The molecule has 0 radical (unpaired) electrons. The van der Waals surface area contributed by atoms with Gasteiger partial charge in [0.15, 0.2) is 0 Å². The van der Waals surface area contributed by atoms with Crippen LogP contribution in [0.15, 0.2) is 12.4 Å². The molecule has 2 heterocycles. The average molecular weight is 259 g/mol. The summed E-state index contributed by atoms with van der Waals surface area (Å²) >= 11 is 0. The first kappa shape index (κ1) is 13.1. The van der Waals surface area contributed by atoms with E-state index >= 15 is 0 Å². The summed E-state index contributed by atoms with van der Waals surface area (Å²) in [6.45, 7) is 1.13. The lowest BCUT2D eigenvalue weighted by Gasteiger charge is -2.26. The summed E-state index contributed by atoms with van der Waals surface area (Å²) in [6.07, 6.45) is -0.989. The van der Waals surface area contributed by atoms with E-state index in [1.54, 1.807) is 6.82 Å². The largest absolute Gasteiger partial charge is 0.446 e. The van der Waals surface area contributed by atoms with Crippen molar-refractivity contribution in [2.75, 3.05) is 11.4 Å². The van der Waals surface area contributed by atoms with Gasteiger partial charge in [0.1, 0.15) is 6.04 Å². The van der Waals surface area contributed by atoms with Crippen LogP contribution in [-0.2, 0) is 0 Å². The van der Waals surface area contributed by atoms with E-state index in [9.17, 15) is 18.2 Å². The normalized spacial score (nSPS) is 20.3. The minimum Gasteiger partial charge on any atom is -0.446 e. The Morgan fingerprint density at radius 1 is 1.39 bits per heavy atom. The number of aromatic nitrogens is 2. The first-order valence-electron chi connectivity index (χ1n) is 5.73. The van der Waals surface area contributed by atoms with E-state index < -0.39 is 19.1 Å². The third-order valence-corrected chi connectivity index (χ3v) is 3.03. The molecule has 0 spiro atoms. The average Bonchev–Trinajstić information content (AvgIpc) is 2.77. The fourth-order valence-electron chi connectivity index (χ4n) is 2.04. The predicted molar refractivity (Wildman–Crippen MR) is 61.9 cm³/mol. The zero-order chi connectivity index (χ0) is 13.3. The lowest BCUT2D eigenvalue weighted by molar-refractivity contribution is -0.146. The van der Waals surface area contributed by atoms with E-state index in [0.717, 1.165) is 0 Å². The molecule has 1 aliphatic rings. The van der Waals surface area contributed by atoms with E-state index in [1.807, 2.05) is 0 Å². The van der Waals surface area contributed by atoms with Gasteiger partial charge in [0.2, 0.25) is 5.95 Å². The van der Waals surface area contributed by atoms with Crippen molar-refractivity contribution in [2.24, 2.45) is 0 Å². The number of alkyl halides is 3. The number of halogens is 3. The van der Waals surface area contributed by atoms with E-state index in [1.165, 1.54) is 17.3 Å². The standard InChI is InChI=1S/C10H13BF3N3O/c1-11(18)7-5-15-9(16-6-7)17-4-2-3-8(17)10(12,13)14/h5-6,8,18H,2-4H2,1H3/t8-/m0/s1. The molecular formula is C10H13BF3N3O. The second kappa shape index (κ2) is 4.76. The highest BCUT2D eigenvalue weighted by Crippen LogP contribution is 2.34. The maximum absolute atomic E-state index is 12.8. The van der Waals surface area contributed by atoms with Crippen molar-refractivity contribution in [3.8, 4) is 0 Å². The molecule has 1 saturated heterocycles. The molecule has 2 rings (SSSR count). The molecular weight excluding hydrogens is 246 g/mol. The van der Waals surface area contributed by atoms with Crippen molar-refractivity contribution in [3.63, 3.8) is 0 Å². The van der Waals surface area contributed by atoms with Crippen molar-refractivity contribution in [1.82, 2.24) is 9.97 Å². The molecule has 1 aliphatic heterocycles. The molecule has 1 aromatic rings. The zero-order valence-electron chi connectivity index (χ0n) is 9.85. The second-order valence-electron chi connectivity index (χ2n) is 4.39. The molecule has 0 unspecified atom stereocenters. The molecule has 1 aromatic heterocycles. The molecule has 1 N–H and O–H groups in total. The maximum atomic E-state index is 12.8. The molecule has 0 saturated carbocycles. The lowest BCUT2D eigenvalue weighted by Crippen LogP contribution is -2.42. The molecule has 18 heavy (non-hydrogen) atoms. The van der Waals surface area contributed by atoms with Gasteiger partial charge in [-0.05, 0) is 18.3 Å². The van der Waals surface area contributed by atoms with Crippen molar-refractivity contribution < 1.29 is 18.2 Å². The van der Waals surface area contributed by atoms with Crippen LogP contribution in [0.5, 0.6) is 0 Å². The monoisotopic (exact) mass is 259 g/mol. The fourth-order valence-corrected chi connectivity index (χ4v) is 2.04. The molecule has 8 heteroatoms. The molecule has 1 atom stereocenters. The molecule has 4 nitrogen and oxygen atoms in total. The molecule has 0 amide bonds. The minimum absolute atomic E-state index is 0.0687. The number of hydrogen-bond donors (Lipinski definition) is 1. The van der Waals surface area contributed by atoms with Gasteiger partial charge in [-0.1, -0.05) is 6.82 Å². The Labute approximate surface area is 103 Å². The zero-order valence-corrected chi connectivity index (χ0v) is 9.85. The number of nitrogens with zero attached hydrogens (tertiary/aromatic N) is 3. The van der Waals surface area contributed by atoms with Crippen LogP contribution < -0.4 is 10.4 Å². The van der Waals surface area contributed by atoms with Gasteiger partial charge < -0.3 is 9.92 Å². The summed E-state index contributed by atoms with van der Waals surface area (Å²) in [6, 6.07) is -1.50. The van der Waals surface area contributed by atoms with Gasteiger partial charge >= 0.3 is 13.1 Å². The molecule has 0 bridgehead atoms. The Hall–Kier alpha value is -1.31. The van der Waals surface area contributed by atoms with Crippen LogP contribution in [0.4, 0.5) is 19.1 Å². The Morgan fingerprint density at radius 3 is 2.50 bits per heavy atom. The van der Waals surface area contributed by atoms with Crippen LogP contribution in [0.2, 0.25) is 6.82 Å². The van der Waals surface area contributed by atoms with Crippen molar-refractivity contribution >= 4 is 18.3 Å². The third-order valence-electron chi connectivity index (χ3n) is 3.03. The van der Waals surface area contributed by atoms with Crippen LogP contribution in [0, 0.1) is 0 Å². The van der Waals surface area contributed by atoms with E-state index in [-0.39, 0.29) is 12.4 Å². The maximum Gasteiger partial charge on any atom is 0.408 e. The summed E-state index contributed by atoms with van der Waals surface area (Å²) in [5.74, 6) is 0.0687. The van der Waals surface area contributed by atoms with Crippen LogP contribution in [0.25, 0.3) is 0 Å². The number of hydrogen-bond acceptors (Lipinski definition) is 4. The molecule has 0 aliphatic carbocycles. The van der Waals surface area contributed by atoms with E-state index in [2.05, 4.69) is 9.97 Å². The first-order chi connectivity index (χ1) is 8.39. The number of anilines is 1. The summed E-state index contributed by atoms with van der Waals surface area (Å²) < 4.78 is 38.3. The van der Waals surface area contributed by atoms with Crippen molar-refractivity contribution in [1.29, 1.82) is 0 Å². The highest BCUT2D eigenvalue weighted by molar-refractivity contribution is 6.64. The summed E-state index contributed by atoms with van der Waals surface area (Å²) in [5.41, 5.74) is 0.488. The third kappa shape index (κ3) is 2.58. The summed E-state index contributed by atoms with van der Waals surface area (Å²) in [4.78, 5) is 8.97. The Kier molecular flexibility index (Phi) is 3.47. The van der Waals surface area contributed by atoms with Gasteiger partial charge in [0, 0.05) is 18.9 Å². The van der Waals surface area contributed by atoms with Gasteiger partial charge in [-0.2, -0.15) is 13.2 Å². The highest BCUT2D eigenvalue weighted by Gasteiger charge is 2.46. The first-order valence-corrected chi connectivity index (χ1v) is 5.73. The minimum atomic E-state index is -4.26. The SMILES string of the molecule is CB(O)c1cnc(N2CCC[C@H]2C(F)(F)F)nc1. The van der Waals surface area contributed by atoms with Crippen LogP contribution in [-0.4, -0.2) is 40.7 Å². The van der Waals surface area contributed by atoms with Crippen LogP contribution >= 0.6 is 0 Å². The topological polar surface area (TPSA) is 49.3 Å². The Morgan fingerprint density at radius 2 is 2.00 bits per heavy atom. The quantitative estimate of drug-likeness (QED) is 0.799. The van der Waals surface area contributed by atoms with Crippen molar-refractivity contribution in [2.45, 2.75) is 31.9 Å². The van der Waals surface area contributed by atoms with Gasteiger partial charge in [0.05, 0.1) is 0 Å². The van der Waals surface area contributed by atoms with E-state index in [0.29, 0.717) is 18.4 Å². The van der Waals surface area contributed by atoms with Gasteiger partial charge in [0.25, 0.3) is 0 Å². The predicted octanol–water partition coefficient (Wildman–Crippen LogP) is 0.828. The Balaban J connectivity index is 2.20. The molecule has 0 aromatic carbocycles. The lowest BCUT2D eigenvalue weighted by atomic mass is 9.66. The number of rotatable bonds is 2. The second-order valence-corrected chi connectivity index (χ2v) is 4.39.